The van der Waals surface area contributed by atoms with E-state index in [9.17, 15) is 4.79 Å². The van der Waals surface area contributed by atoms with Gasteiger partial charge >= 0.3 is 0 Å². The van der Waals surface area contributed by atoms with Crippen molar-refractivity contribution in [2.24, 2.45) is 0 Å². The maximum absolute atomic E-state index is 13.0. The predicted molar refractivity (Wildman–Crippen MR) is 87.8 cm³/mol. The molecule has 2 aromatic rings. The normalized spacial score (nSPS) is 16.8. The molecule has 0 saturated heterocycles. The van der Waals surface area contributed by atoms with Gasteiger partial charge in [-0.15, -0.1) is 0 Å². The number of anilines is 1. The summed E-state index contributed by atoms with van der Waals surface area (Å²) in [5.41, 5.74) is 2.66. The van der Waals surface area contributed by atoms with Crippen molar-refractivity contribution in [3.63, 3.8) is 0 Å². The van der Waals surface area contributed by atoms with Gasteiger partial charge in [-0.1, -0.05) is 31.1 Å². The number of ether oxygens (including phenoxy) is 1. The molecule has 3 rings (SSSR count). The molecule has 5 heteroatoms. The van der Waals surface area contributed by atoms with Crippen LogP contribution in [0.4, 0.5) is 5.69 Å². The van der Waals surface area contributed by atoms with E-state index in [2.05, 4.69) is 5.16 Å². The molecular weight excluding hydrogens is 292 g/mol. The number of aromatic nitrogens is 1. The van der Waals surface area contributed by atoms with E-state index in [-0.39, 0.29) is 11.9 Å². The summed E-state index contributed by atoms with van der Waals surface area (Å²) >= 11 is 0. The van der Waals surface area contributed by atoms with Gasteiger partial charge in [-0.25, -0.2) is 0 Å². The van der Waals surface area contributed by atoms with E-state index in [1.807, 2.05) is 49.9 Å². The highest BCUT2D eigenvalue weighted by atomic mass is 16.5. The van der Waals surface area contributed by atoms with Gasteiger partial charge in [-0.3, -0.25) is 4.79 Å². The van der Waals surface area contributed by atoms with Crippen LogP contribution in [0.3, 0.4) is 0 Å². The van der Waals surface area contributed by atoms with E-state index in [1.54, 1.807) is 0 Å². The van der Waals surface area contributed by atoms with Crippen LogP contribution < -0.4 is 9.64 Å². The number of aryl methyl sites for hydroxylation is 2. The Morgan fingerprint density at radius 1 is 1.30 bits per heavy atom. The Balaban J connectivity index is 1.91. The standard InChI is InChI=1S/C18H22N2O3/c1-4-14-13(16(5-2)23-19-14)10-18(21)20-12(3)11-22-17-9-7-6-8-15(17)20/h6-9,12H,4-5,10-11H2,1-3H3. The fourth-order valence-electron chi connectivity index (χ4n) is 3.05. The van der Waals surface area contributed by atoms with Crippen LogP contribution in [-0.4, -0.2) is 23.7 Å². The molecule has 0 N–H and O–H groups in total. The monoisotopic (exact) mass is 314 g/mol. The SMILES string of the molecule is CCc1noc(CC)c1CC(=O)N1c2ccccc2OCC1C. The van der Waals surface area contributed by atoms with Crippen LogP contribution in [0.2, 0.25) is 0 Å². The van der Waals surface area contributed by atoms with Crippen molar-refractivity contribution in [1.29, 1.82) is 0 Å². The lowest BCUT2D eigenvalue weighted by atomic mass is 10.0. The Hall–Kier alpha value is -2.30. The van der Waals surface area contributed by atoms with Gasteiger partial charge in [0.1, 0.15) is 18.1 Å². The maximum atomic E-state index is 13.0. The molecule has 1 atom stereocenters. The highest BCUT2D eigenvalue weighted by Gasteiger charge is 2.30. The van der Waals surface area contributed by atoms with Gasteiger partial charge in [0, 0.05) is 12.0 Å². The van der Waals surface area contributed by atoms with E-state index >= 15 is 0 Å². The minimum Gasteiger partial charge on any atom is -0.489 e. The Morgan fingerprint density at radius 2 is 2.09 bits per heavy atom. The van der Waals surface area contributed by atoms with Crippen molar-refractivity contribution in [2.45, 2.75) is 46.1 Å². The van der Waals surface area contributed by atoms with Gasteiger partial charge in [0.15, 0.2) is 0 Å². The smallest absolute Gasteiger partial charge is 0.232 e. The van der Waals surface area contributed by atoms with Crippen molar-refractivity contribution in [1.82, 2.24) is 5.16 Å². The van der Waals surface area contributed by atoms with Crippen molar-refractivity contribution < 1.29 is 14.1 Å². The number of rotatable bonds is 4. The molecule has 0 fully saturated rings. The molecule has 0 spiro atoms. The van der Waals surface area contributed by atoms with Crippen molar-refractivity contribution >= 4 is 11.6 Å². The minimum absolute atomic E-state index is 0.00686. The van der Waals surface area contributed by atoms with Crippen LogP contribution in [0.1, 0.15) is 37.8 Å². The number of hydrogen-bond donors (Lipinski definition) is 0. The summed E-state index contributed by atoms with van der Waals surface area (Å²) in [7, 11) is 0. The summed E-state index contributed by atoms with van der Waals surface area (Å²) in [5.74, 6) is 1.63. The second kappa shape index (κ2) is 6.44. The average molecular weight is 314 g/mol. The Bertz CT molecular complexity index is 687. The molecule has 1 aliphatic rings. The Labute approximate surface area is 136 Å². The molecule has 5 nitrogen and oxygen atoms in total. The van der Waals surface area contributed by atoms with Crippen LogP contribution in [0.5, 0.6) is 5.75 Å². The number of carbonyl (C=O) groups is 1. The number of nitrogens with zero attached hydrogens (tertiary/aromatic N) is 2. The minimum atomic E-state index is 0.00686. The number of para-hydroxylation sites is 2. The molecule has 23 heavy (non-hydrogen) atoms. The Morgan fingerprint density at radius 3 is 2.83 bits per heavy atom. The van der Waals surface area contributed by atoms with Gasteiger partial charge < -0.3 is 14.2 Å². The molecule has 0 saturated carbocycles. The fourth-order valence-corrected chi connectivity index (χ4v) is 3.05. The van der Waals surface area contributed by atoms with E-state index in [1.165, 1.54) is 0 Å². The Kier molecular flexibility index (Phi) is 4.37. The lowest BCUT2D eigenvalue weighted by Crippen LogP contribution is -2.45. The maximum Gasteiger partial charge on any atom is 0.232 e. The highest BCUT2D eigenvalue weighted by Crippen LogP contribution is 2.34. The lowest BCUT2D eigenvalue weighted by molar-refractivity contribution is -0.118. The van der Waals surface area contributed by atoms with Gasteiger partial charge in [-0.2, -0.15) is 0 Å². The molecule has 122 valence electrons. The van der Waals surface area contributed by atoms with E-state index < -0.39 is 0 Å². The van der Waals surface area contributed by atoms with E-state index in [0.29, 0.717) is 13.0 Å². The third kappa shape index (κ3) is 2.83. The number of amides is 1. The second-order valence-electron chi connectivity index (χ2n) is 5.81. The fraction of sp³-hybridized carbons (Fsp3) is 0.444. The number of carbonyl (C=O) groups excluding carboxylic acids is 1. The van der Waals surface area contributed by atoms with Gasteiger partial charge in [0.05, 0.1) is 23.8 Å². The first kappa shape index (κ1) is 15.6. The zero-order valence-corrected chi connectivity index (χ0v) is 13.8. The summed E-state index contributed by atoms with van der Waals surface area (Å²) in [6.45, 7) is 6.55. The molecule has 1 amide bonds. The average Bonchev–Trinajstić information content (AvgIpc) is 2.96. The van der Waals surface area contributed by atoms with Crippen LogP contribution in [0.15, 0.2) is 28.8 Å². The first-order valence-corrected chi connectivity index (χ1v) is 8.15. The molecule has 0 bridgehead atoms. The predicted octanol–water partition coefficient (Wildman–Crippen LogP) is 3.16. The van der Waals surface area contributed by atoms with Gasteiger partial charge in [0.25, 0.3) is 0 Å². The zero-order chi connectivity index (χ0) is 16.4. The highest BCUT2D eigenvalue weighted by molar-refractivity contribution is 5.97. The van der Waals surface area contributed by atoms with E-state index in [4.69, 9.17) is 9.26 Å². The topological polar surface area (TPSA) is 55.6 Å². The van der Waals surface area contributed by atoms with Crippen LogP contribution >= 0.6 is 0 Å². The molecule has 2 heterocycles. The first-order valence-electron chi connectivity index (χ1n) is 8.15. The first-order chi connectivity index (χ1) is 11.2. The van der Waals surface area contributed by atoms with E-state index in [0.717, 1.165) is 41.3 Å². The number of benzene rings is 1. The molecular formula is C18H22N2O3. The number of hydrogen-bond acceptors (Lipinski definition) is 4. The van der Waals surface area contributed by atoms with Crippen LogP contribution in [0, 0.1) is 0 Å². The summed E-state index contributed by atoms with van der Waals surface area (Å²) < 4.78 is 11.1. The molecule has 1 unspecified atom stereocenters. The summed E-state index contributed by atoms with van der Waals surface area (Å²) in [5, 5.41) is 4.10. The van der Waals surface area contributed by atoms with Crippen molar-refractivity contribution in [3.05, 3.63) is 41.3 Å². The molecule has 1 aliphatic heterocycles. The molecule has 1 aromatic heterocycles. The largest absolute Gasteiger partial charge is 0.489 e. The summed E-state index contributed by atoms with van der Waals surface area (Å²) in [6, 6.07) is 7.68. The van der Waals surface area contributed by atoms with Crippen molar-refractivity contribution in [3.8, 4) is 5.75 Å². The molecule has 0 aliphatic carbocycles. The summed E-state index contributed by atoms with van der Waals surface area (Å²) in [4.78, 5) is 14.8. The second-order valence-corrected chi connectivity index (χ2v) is 5.81. The molecule has 0 radical (unpaired) electrons. The van der Waals surface area contributed by atoms with Gasteiger partial charge in [-0.05, 0) is 25.5 Å². The summed E-state index contributed by atoms with van der Waals surface area (Å²) in [6.07, 6.45) is 1.82. The quantitative estimate of drug-likeness (QED) is 0.870. The third-order valence-electron chi connectivity index (χ3n) is 4.25. The lowest BCUT2D eigenvalue weighted by Gasteiger charge is -2.35. The van der Waals surface area contributed by atoms with Crippen LogP contribution in [-0.2, 0) is 24.1 Å². The van der Waals surface area contributed by atoms with Crippen molar-refractivity contribution in [2.75, 3.05) is 11.5 Å². The number of fused-ring (bicyclic) bond motifs is 1. The van der Waals surface area contributed by atoms with Gasteiger partial charge in [0.2, 0.25) is 5.91 Å². The molecule has 1 aromatic carbocycles. The zero-order valence-electron chi connectivity index (χ0n) is 13.8. The third-order valence-corrected chi connectivity index (χ3v) is 4.25. The van der Waals surface area contributed by atoms with Crippen LogP contribution in [0.25, 0.3) is 0 Å².